The molecule has 0 fully saturated rings. The van der Waals surface area contributed by atoms with Gasteiger partial charge in [-0.25, -0.2) is 4.98 Å². The Morgan fingerprint density at radius 3 is 2.42 bits per heavy atom. The molecule has 0 bridgehead atoms. The highest BCUT2D eigenvalue weighted by Crippen LogP contribution is 2.21. The molecule has 19 heavy (non-hydrogen) atoms. The van der Waals surface area contributed by atoms with Gasteiger partial charge in [-0.1, -0.05) is 40.7 Å². The third-order valence-corrected chi connectivity index (χ3v) is 3.67. The molecular weight excluding hydrogens is 234 g/mol. The van der Waals surface area contributed by atoms with Crippen LogP contribution in [0.25, 0.3) is 0 Å². The van der Waals surface area contributed by atoms with Crippen LogP contribution in [0.4, 0.5) is 5.82 Å². The highest BCUT2D eigenvalue weighted by atomic mass is 15.0. The van der Waals surface area contributed by atoms with E-state index in [2.05, 4.69) is 56.3 Å². The number of hydrogen-bond donors (Lipinski definition) is 2. The lowest BCUT2D eigenvalue weighted by atomic mass is 9.85. The van der Waals surface area contributed by atoms with Crippen molar-refractivity contribution in [3.63, 3.8) is 0 Å². The van der Waals surface area contributed by atoms with Crippen LogP contribution in [0.1, 0.15) is 40.2 Å². The minimum absolute atomic E-state index is 0.675. The Labute approximate surface area is 118 Å². The summed E-state index contributed by atoms with van der Waals surface area (Å²) < 4.78 is 0. The number of nitrogens with one attached hydrogen (secondary N) is 2. The molecular formula is C16H29N3. The number of pyridine rings is 1. The van der Waals surface area contributed by atoms with Gasteiger partial charge in [-0.05, 0) is 30.4 Å². The predicted molar refractivity (Wildman–Crippen MR) is 83.3 cm³/mol. The molecule has 1 aromatic rings. The largest absolute Gasteiger partial charge is 0.370 e. The number of nitrogens with zero attached hydrogens (tertiary/aromatic N) is 1. The maximum absolute atomic E-state index is 4.47. The van der Waals surface area contributed by atoms with Crippen LogP contribution in [-0.4, -0.2) is 18.1 Å². The van der Waals surface area contributed by atoms with Crippen molar-refractivity contribution >= 4 is 5.82 Å². The number of hydrogen-bond acceptors (Lipinski definition) is 3. The van der Waals surface area contributed by atoms with Crippen molar-refractivity contribution in [3.05, 3.63) is 23.9 Å². The van der Waals surface area contributed by atoms with E-state index in [0.717, 1.165) is 25.5 Å². The summed E-state index contributed by atoms with van der Waals surface area (Å²) in [5.74, 6) is 3.07. The lowest BCUT2D eigenvalue weighted by Gasteiger charge is -2.25. The van der Waals surface area contributed by atoms with Crippen LogP contribution >= 0.6 is 0 Å². The molecule has 2 N–H and O–H groups in total. The van der Waals surface area contributed by atoms with E-state index in [-0.39, 0.29) is 0 Å². The third-order valence-electron chi connectivity index (χ3n) is 3.67. The molecule has 1 aromatic heterocycles. The fourth-order valence-electron chi connectivity index (χ4n) is 2.46. The van der Waals surface area contributed by atoms with E-state index in [1.54, 1.807) is 0 Å². The highest BCUT2D eigenvalue weighted by Gasteiger charge is 2.17. The second kappa shape index (κ2) is 8.16. The van der Waals surface area contributed by atoms with Crippen molar-refractivity contribution < 1.29 is 0 Å². The molecule has 0 aromatic carbocycles. The first-order chi connectivity index (χ1) is 9.06. The third kappa shape index (κ3) is 5.19. The Hall–Kier alpha value is -1.09. The van der Waals surface area contributed by atoms with Crippen molar-refractivity contribution in [3.8, 4) is 0 Å². The topological polar surface area (TPSA) is 37.0 Å². The summed E-state index contributed by atoms with van der Waals surface area (Å²) in [6, 6.07) is 4.14. The molecule has 0 amide bonds. The average molecular weight is 263 g/mol. The molecule has 0 unspecified atom stereocenters. The normalized spacial score (nSPS) is 11.6. The second-order valence-corrected chi connectivity index (χ2v) is 5.82. The quantitative estimate of drug-likeness (QED) is 0.753. The first-order valence-electron chi connectivity index (χ1n) is 7.44. The van der Waals surface area contributed by atoms with Gasteiger partial charge >= 0.3 is 0 Å². The van der Waals surface area contributed by atoms with E-state index in [9.17, 15) is 0 Å². The molecule has 1 rings (SSSR count). The Morgan fingerprint density at radius 2 is 1.84 bits per heavy atom. The summed E-state index contributed by atoms with van der Waals surface area (Å²) in [4.78, 5) is 4.47. The van der Waals surface area contributed by atoms with Crippen LogP contribution in [-0.2, 0) is 6.54 Å². The Kier molecular flexibility index (Phi) is 6.85. The van der Waals surface area contributed by atoms with Crippen molar-refractivity contribution in [1.82, 2.24) is 10.3 Å². The van der Waals surface area contributed by atoms with E-state index in [0.29, 0.717) is 17.8 Å². The summed E-state index contributed by atoms with van der Waals surface area (Å²) in [6.07, 6.45) is 1.86. The maximum atomic E-state index is 4.47. The Bertz CT molecular complexity index is 353. The molecule has 0 aliphatic carbocycles. The molecule has 3 heteroatoms. The van der Waals surface area contributed by atoms with Gasteiger partial charge in [0, 0.05) is 24.8 Å². The highest BCUT2D eigenvalue weighted by molar-refractivity contribution is 5.43. The molecule has 0 atom stereocenters. The molecule has 108 valence electrons. The van der Waals surface area contributed by atoms with Crippen molar-refractivity contribution in [2.24, 2.45) is 17.8 Å². The summed E-state index contributed by atoms with van der Waals surface area (Å²) in [5.41, 5.74) is 1.25. The zero-order valence-corrected chi connectivity index (χ0v) is 13.0. The van der Waals surface area contributed by atoms with Gasteiger partial charge in [-0.3, -0.25) is 0 Å². The number of rotatable bonds is 8. The zero-order valence-electron chi connectivity index (χ0n) is 13.0. The van der Waals surface area contributed by atoms with Gasteiger partial charge in [0.2, 0.25) is 0 Å². The lowest BCUT2D eigenvalue weighted by Crippen LogP contribution is -2.25. The average Bonchev–Trinajstić information content (AvgIpc) is 2.37. The van der Waals surface area contributed by atoms with Crippen LogP contribution in [0, 0.1) is 17.8 Å². The first-order valence-corrected chi connectivity index (χ1v) is 7.44. The van der Waals surface area contributed by atoms with Gasteiger partial charge in [0.1, 0.15) is 5.82 Å². The van der Waals surface area contributed by atoms with E-state index < -0.39 is 0 Å². The summed E-state index contributed by atoms with van der Waals surface area (Å²) in [6.45, 7) is 14.2. The molecule has 0 saturated heterocycles. The standard InChI is InChI=1S/C16H29N3/c1-6-17-10-14-8-7-9-18-16(14)19-11-15(12(2)3)13(4)5/h7-9,12-13,15,17H,6,10-11H2,1-5H3,(H,18,19). The molecule has 0 radical (unpaired) electrons. The van der Waals surface area contributed by atoms with Crippen molar-refractivity contribution in [1.29, 1.82) is 0 Å². The SMILES string of the molecule is CCNCc1cccnc1NCC(C(C)C)C(C)C. The minimum atomic E-state index is 0.675. The fraction of sp³-hybridized carbons (Fsp3) is 0.688. The van der Waals surface area contributed by atoms with E-state index >= 15 is 0 Å². The summed E-state index contributed by atoms with van der Waals surface area (Å²) >= 11 is 0. The van der Waals surface area contributed by atoms with Gasteiger partial charge in [0.05, 0.1) is 0 Å². The van der Waals surface area contributed by atoms with E-state index in [1.165, 1.54) is 5.56 Å². The van der Waals surface area contributed by atoms with E-state index in [4.69, 9.17) is 0 Å². The van der Waals surface area contributed by atoms with Crippen LogP contribution < -0.4 is 10.6 Å². The van der Waals surface area contributed by atoms with Crippen LogP contribution in [0.5, 0.6) is 0 Å². The van der Waals surface area contributed by atoms with Gasteiger partial charge in [-0.2, -0.15) is 0 Å². The first kappa shape index (κ1) is 16.0. The summed E-state index contributed by atoms with van der Waals surface area (Å²) in [5, 5.41) is 6.89. The molecule has 0 aliphatic heterocycles. The van der Waals surface area contributed by atoms with Crippen molar-refractivity contribution in [2.45, 2.75) is 41.2 Å². The van der Waals surface area contributed by atoms with Crippen molar-refractivity contribution in [2.75, 3.05) is 18.4 Å². The lowest BCUT2D eigenvalue weighted by molar-refractivity contribution is 0.304. The molecule has 3 nitrogen and oxygen atoms in total. The van der Waals surface area contributed by atoms with Gasteiger partial charge in [0.25, 0.3) is 0 Å². The molecule has 0 aliphatic rings. The second-order valence-electron chi connectivity index (χ2n) is 5.82. The number of aromatic nitrogens is 1. The van der Waals surface area contributed by atoms with Gasteiger partial charge < -0.3 is 10.6 Å². The van der Waals surface area contributed by atoms with Crippen LogP contribution in [0.2, 0.25) is 0 Å². The smallest absolute Gasteiger partial charge is 0.130 e. The predicted octanol–water partition coefficient (Wildman–Crippen LogP) is 3.53. The van der Waals surface area contributed by atoms with Crippen LogP contribution in [0.3, 0.4) is 0 Å². The number of anilines is 1. The van der Waals surface area contributed by atoms with Gasteiger partial charge in [0.15, 0.2) is 0 Å². The Morgan fingerprint density at radius 1 is 1.16 bits per heavy atom. The monoisotopic (exact) mass is 263 g/mol. The Balaban J connectivity index is 2.65. The fourth-order valence-corrected chi connectivity index (χ4v) is 2.46. The molecule has 0 spiro atoms. The minimum Gasteiger partial charge on any atom is -0.370 e. The zero-order chi connectivity index (χ0) is 14.3. The van der Waals surface area contributed by atoms with Gasteiger partial charge in [-0.15, -0.1) is 0 Å². The maximum Gasteiger partial charge on any atom is 0.130 e. The molecule has 1 heterocycles. The summed E-state index contributed by atoms with van der Waals surface area (Å²) in [7, 11) is 0. The van der Waals surface area contributed by atoms with Crippen LogP contribution in [0.15, 0.2) is 18.3 Å². The van der Waals surface area contributed by atoms with E-state index in [1.807, 2.05) is 12.3 Å². The molecule has 0 saturated carbocycles.